The minimum absolute atomic E-state index is 0.0237. The van der Waals surface area contributed by atoms with Crippen LogP contribution in [0.2, 0.25) is 10.0 Å². The van der Waals surface area contributed by atoms with Crippen molar-refractivity contribution < 1.29 is 18.7 Å². The second kappa shape index (κ2) is 8.83. The molecule has 0 fully saturated rings. The van der Waals surface area contributed by atoms with Crippen LogP contribution in [0.5, 0.6) is 0 Å². The summed E-state index contributed by atoms with van der Waals surface area (Å²) in [6.07, 6.45) is -0.0237. The van der Waals surface area contributed by atoms with E-state index < -0.39 is 5.97 Å². The molecule has 2 rings (SSSR count). The minimum atomic E-state index is -0.553. The molecule has 0 aliphatic rings. The molecule has 4 nitrogen and oxygen atoms in total. The molecule has 0 bridgehead atoms. The van der Waals surface area contributed by atoms with E-state index >= 15 is 0 Å². The molecule has 0 aliphatic heterocycles. The third kappa shape index (κ3) is 6.03. The average Bonchev–Trinajstić information content (AvgIpc) is 2.58. The van der Waals surface area contributed by atoms with Crippen LogP contribution in [0.15, 0.2) is 42.5 Å². The first-order valence-electron chi connectivity index (χ1n) is 7.43. The SMILES string of the molecule is CN(Cc1ccc(Cl)c(Cl)c1)C(=O)COC(=O)Cc1ccc(F)cc1. The molecule has 0 heterocycles. The van der Waals surface area contributed by atoms with Gasteiger partial charge in [-0.3, -0.25) is 9.59 Å². The number of carbonyl (C=O) groups is 2. The van der Waals surface area contributed by atoms with E-state index in [1.54, 1.807) is 25.2 Å². The highest BCUT2D eigenvalue weighted by atomic mass is 35.5. The van der Waals surface area contributed by atoms with Crippen molar-refractivity contribution in [1.82, 2.24) is 4.90 Å². The van der Waals surface area contributed by atoms with E-state index in [4.69, 9.17) is 27.9 Å². The fourth-order valence-electron chi connectivity index (χ4n) is 2.07. The van der Waals surface area contributed by atoms with Gasteiger partial charge in [0, 0.05) is 13.6 Å². The van der Waals surface area contributed by atoms with Crippen molar-refractivity contribution in [2.24, 2.45) is 0 Å². The number of ether oxygens (including phenoxy) is 1. The molecule has 0 atom stereocenters. The summed E-state index contributed by atoms with van der Waals surface area (Å²) >= 11 is 11.8. The van der Waals surface area contributed by atoms with Crippen molar-refractivity contribution >= 4 is 35.1 Å². The van der Waals surface area contributed by atoms with Crippen LogP contribution in [-0.2, 0) is 27.3 Å². The summed E-state index contributed by atoms with van der Waals surface area (Å²) in [5, 5.41) is 0.847. The highest BCUT2D eigenvalue weighted by Gasteiger charge is 2.13. The molecule has 2 aromatic rings. The molecule has 0 aliphatic carbocycles. The molecule has 0 unspecified atom stereocenters. The number of esters is 1. The predicted octanol–water partition coefficient (Wildman–Crippen LogP) is 3.88. The van der Waals surface area contributed by atoms with Crippen molar-refractivity contribution in [3.8, 4) is 0 Å². The lowest BCUT2D eigenvalue weighted by molar-refractivity contribution is -0.151. The lowest BCUT2D eigenvalue weighted by atomic mass is 10.1. The predicted molar refractivity (Wildman–Crippen MR) is 94.0 cm³/mol. The van der Waals surface area contributed by atoms with Crippen molar-refractivity contribution in [3.63, 3.8) is 0 Å². The first-order valence-corrected chi connectivity index (χ1v) is 8.18. The number of likely N-dealkylation sites (N-methyl/N-ethyl adjacent to an activating group) is 1. The summed E-state index contributed by atoms with van der Waals surface area (Å²) in [5.74, 6) is -1.28. The van der Waals surface area contributed by atoms with Gasteiger partial charge < -0.3 is 9.64 Å². The first-order chi connectivity index (χ1) is 11.8. The Hall–Kier alpha value is -2.11. The van der Waals surface area contributed by atoms with Crippen molar-refractivity contribution in [1.29, 1.82) is 0 Å². The summed E-state index contributed by atoms with van der Waals surface area (Å²) < 4.78 is 17.8. The molecular formula is C18H16Cl2FNO3. The van der Waals surface area contributed by atoms with Crippen LogP contribution in [0.3, 0.4) is 0 Å². The second-order valence-corrected chi connectivity index (χ2v) is 6.28. The van der Waals surface area contributed by atoms with E-state index in [0.29, 0.717) is 22.2 Å². The summed E-state index contributed by atoms with van der Waals surface area (Å²) in [4.78, 5) is 25.2. The molecular weight excluding hydrogens is 368 g/mol. The first kappa shape index (κ1) is 19.2. The van der Waals surface area contributed by atoms with Crippen LogP contribution in [0.4, 0.5) is 4.39 Å². The van der Waals surface area contributed by atoms with Gasteiger partial charge in [-0.2, -0.15) is 0 Å². The Morgan fingerprint density at radius 1 is 1.04 bits per heavy atom. The highest BCUT2D eigenvalue weighted by molar-refractivity contribution is 6.42. The molecule has 132 valence electrons. The zero-order chi connectivity index (χ0) is 18.4. The number of carbonyl (C=O) groups excluding carboxylic acids is 2. The fraction of sp³-hybridized carbons (Fsp3) is 0.222. The largest absolute Gasteiger partial charge is 0.455 e. The molecule has 1 amide bonds. The maximum atomic E-state index is 12.8. The number of nitrogens with zero attached hydrogens (tertiary/aromatic N) is 1. The maximum absolute atomic E-state index is 12.8. The number of benzene rings is 2. The number of halogens is 3. The van der Waals surface area contributed by atoms with Crippen molar-refractivity contribution in [3.05, 3.63) is 69.5 Å². The highest BCUT2D eigenvalue weighted by Crippen LogP contribution is 2.23. The third-order valence-corrected chi connectivity index (χ3v) is 4.19. The zero-order valence-electron chi connectivity index (χ0n) is 13.5. The van der Waals surface area contributed by atoms with Gasteiger partial charge in [-0.15, -0.1) is 0 Å². The number of rotatable bonds is 6. The van der Waals surface area contributed by atoms with Gasteiger partial charge >= 0.3 is 5.97 Å². The Morgan fingerprint density at radius 3 is 2.32 bits per heavy atom. The van der Waals surface area contributed by atoms with Gasteiger partial charge in [0.2, 0.25) is 0 Å². The van der Waals surface area contributed by atoms with Crippen LogP contribution in [0.25, 0.3) is 0 Å². The van der Waals surface area contributed by atoms with Gasteiger partial charge in [-0.1, -0.05) is 41.4 Å². The molecule has 25 heavy (non-hydrogen) atoms. The molecule has 2 aromatic carbocycles. The monoisotopic (exact) mass is 383 g/mol. The van der Waals surface area contributed by atoms with E-state index in [0.717, 1.165) is 5.56 Å². The van der Waals surface area contributed by atoms with Crippen LogP contribution >= 0.6 is 23.2 Å². The number of amides is 1. The molecule has 0 N–H and O–H groups in total. The van der Waals surface area contributed by atoms with E-state index in [1.165, 1.54) is 29.2 Å². The van der Waals surface area contributed by atoms with Gasteiger partial charge in [0.25, 0.3) is 5.91 Å². The summed E-state index contributed by atoms with van der Waals surface area (Å²) in [5.41, 5.74) is 1.42. The smallest absolute Gasteiger partial charge is 0.310 e. The van der Waals surface area contributed by atoms with E-state index in [-0.39, 0.29) is 24.8 Å². The molecule has 0 spiro atoms. The van der Waals surface area contributed by atoms with Crippen molar-refractivity contribution in [2.45, 2.75) is 13.0 Å². The Labute approximate surface area is 155 Å². The lowest BCUT2D eigenvalue weighted by Crippen LogP contribution is -2.31. The summed E-state index contributed by atoms with van der Waals surface area (Å²) in [6.45, 7) is -0.0525. The van der Waals surface area contributed by atoms with Crippen LogP contribution in [0, 0.1) is 5.82 Å². The molecule has 0 aromatic heterocycles. The number of hydrogen-bond donors (Lipinski definition) is 0. The molecule has 0 saturated heterocycles. The third-order valence-electron chi connectivity index (χ3n) is 3.45. The van der Waals surface area contributed by atoms with Gasteiger partial charge in [0.15, 0.2) is 6.61 Å². The normalized spacial score (nSPS) is 10.4. The second-order valence-electron chi connectivity index (χ2n) is 5.46. The Morgan fingerprint density at radius 2 is 1.68 bits per heavy atom. The van der Waals surface area contributed by atoms with Crippen LogP contribution in [-0.4, -0.2) is 30.4 Å². The van der Waals surface area contributed by atoms with E-state index in [2.05, 4.69) is 0 Å². The summed E-state index contributed by atoms with van der Waals surface area (Å²) in [7, 11) is 1.60. The van der Waals surface area contributed by atoms with Gasteiger partial charge in [0.05, 0.1) is 16.5 Å². The number of hydrogen-bond acceptors (Lipinski definition) is 3. The topological polar surface area (TPSA) is 46.6 Å². The Balaban J connectivity index is 1.81. The molecule has 7 heteroatoms. The lowest BCUT2D eigenvalue weighted by Gasteiger charge is -2.17. The zero-order valence-corrected chi connectivity index (χ0v) is 15.0. The average molecular weight is 384 g/mol. The maximum Gasteiger partial charge on any atom is 0.310 e. The Bertz CT molecular complexity index is 765. The van der Waals surface area contributed by atoms with Gasteiger partial charge in [0.1, 0.15) is 5.82 Å². The quantitative estimate of drug-likeness (QED) is 0.711. The van der Waals surface area contributed by atoms with Crippen molar-refractivity contribution in [2.75, 3.05) is 13.7 Å². The van der Waals surface area contributed by atoms with Gasteiger partial charge in [-0.25, -0.2) is 4.39 Å². The standard InChI is InChI=1S/C18H16Cl2FNO3/c1-22(10-13-4-7-15(19)16(20)8-13)17(23)11-25-18(24)9-12-2-5-14(21)6-3-12/h2-8H,9-11H2,1H3. The van der Waals surface area contributed by atoms with Crippen LogP contribution < -0.4 is 0 Å². The summed E-state index contributed by atoms with van der Waals surface area (Å²) in [6, 6.07) is 10.6. The van der Waals surface area contributed by atoms with E-state index in [1.807, 2.05) is 0 Å². The molecule has 0 radical (unpaired) electrons. The van der Waals surface area contributed by atoms with Crippen LogP contribution in [0.1, 0.15) is 11.1 Å². The fourth-order valence-corrected chi connectivity index (χ4v) is 2.39. The van der Waals surface area contributed by atoms with Gasteiger partial charge in [-0.05, 0) is 35.4 Å². The Kier molecular flexibility index (Phi) is 6.79. The van der Waals surface area contributed by atoms with E-state index in [9.17, 15) is 14.0 Å². The molecule has 0 saturated carbocycles. The minimum Gasteiger partial charge on any atom is -0.455 e.